The van der Waals surface area contributed by atoms with E-state index in [0.29, 0.717) is 0 Å². The number of para-hydroxylation sites is 1. The molecule has 2 N–H and O–H groups in total. The van der Waals surface area contributed by atoms with Crippen molar-refractivity contribution in [3.8, 4) is 0 Å². The summed E-state index contributed by atoms with van der Waals surface area (Å²) in [5.74, 6) is 0. The largest absolute Gasteiger partial charge is 0.397 e. The van der Waals surface area contributed by atoms with Crippen molar-refractivity contribution in [1.29, 1.82) is 0 Å². The number of nitrogens with two attached hydrogens (primary N) is 1. The second kappa shape index (κ2) is 6.10. The number of fused-ring (bicyclic) bond motifs is 1. The van der Waals surface area contributed by atoms with Crippen LogP contribution in [0.5, 0.6) is 0 Å². The molecule has 18 heavy (non-hydrogen) atoms. The minimum atomic E-state index is 0.804. The molecule has 2 nitrogen and oxygen atoms in total. The predicted molar refractivity (Wildman–Crippen MR) is 83.5 cm³/mol. The van der Waals surface area contributed by atoms with E-state index < -0.39 is 0 Å². The van der Waals surface area contributed by atoms with Crippen LogP contribution < -0.4 is 5.73 Å². The lowest BCUT2D eigenvalue weighted by atomic mass is 10.1. The van der Waals surface area contributed by atoms with E-state index in [4.69, 9.17) is 5.73 Å². The van der Waals surface area contributed by atoms with Gasteiger partial charge in [0.2, 0.25) is 0 Å². The SMILES string of the molecule is C=Cc1c(/C=C\C)c2cccc(N)c2n1C.CC. The fourth-order valence-electron chi connectivity index (χ4n) is 2.18. The Morgan fingerprint density at radius 2 is 1.94 bits per heavy atom. The topological polar surface area (TPSA) is 30.9 Å². The van der Waals surface area contributed by atoms with Crippen molar-refractivity contribution in [3.05, 3.63) is 42.1 Å². The van der Waals surface area contributed by atoms with Gasteiger partial charge in [0.1, 0.15) is 0 Å². The van der Waals surface area contributed by atoms with Gasteiger partial charge in [-0.25, -0.2) is 0 Å². The van der Waals surface area contributed by atoms with Crippen molar-refractivity contribution in [3.63, 3.8) is 0 Å². The maximum Gasteiger partial charge on any atom is 0.0722 e. The van der Waals surface area contributed by atoms with Crippen molar-refractivity contribution >= 4 is 28.7 Å². The minimum absolute atomic E-state index is 0.804. The van der Waals surface area contributed by atoms with Gasteiger partial charge in [-0.1, -0.05) is 44.7 Å². The highest BCUT2D eigenvalue weighted by Gasteiger charge is 2.11. The molecule has 0 saturated carbocycles. The van der Waals surface area contributed by atoms with Gasteiger partial charge >= 0.3 is 0 Å². The zero-order valence-electron chi connectivity index (χ0n) is 11.7. The van der Waals surface area contributed by atoms with Gasteiger partial charge in [0.05, 0.1) is 11.2 Å². The summed E-state index contributed by atoms with van der Waals surface area (Å²) in [7, 11) is 2.02. The molecule has 2 aromatic rings. The van der Waals surface area contributed by atoms with Gasteiger partial charge in [0.25, 0.3) is 0 Å². The van der Waals surface area contributed by atoms with E-state index in [1.807, 2.05) is 52.1 Å². The molecule has 0 aliphatic rings. The number of hydrogen-bond acceptors (Lipinski definition) is 1. The summed E-state index contributed by atoms with van der Waals surface area (Å²) in [6.07, 6.45) is 6.00. The smallest absolute Gasteiger partial charge is 0.0722 e. The highest BCUT2D eigenvalue weighted by Crippen LogP contribution is 2.30. The fraction of sp³-hybridized carbons (Fsp3) is 0.250. The molecular formula is C16H22N2. The molecule has 1 aromatic carbocycles. The number of nitrogens with zero attached hydrogens (tertiary/aromatic N) is 1. The number of anilines is 1. The Hall–Kier alpha value is -1.96. The van der Waals surface area contributed by atoms with Gasteiger partial charge in [-0.05, 0) is 19.1 Å². The predicted octanol–water partition coefficient (Wildman–Crippen LogP) is 4.46. The summed E-state index contributed by atoms with van der Waals surface area (Å²) in [6, 6.07) is 6.00. The van der Waals surface area contributed by atoms with Crippen LogP contribution in [-0.4, -0.2) is 4.57 Å². The standard InChI is InChI=1S/C14H16N2.C2H6/c1-4-7-10-11-8-6-9-12(15)14(11)16(3)13(10)5-2;1-2/h4-9H,2,15H2,1,3H3;1-2H3/b7-4-;. The Labute approximate surface area is 109 Å². The number of rotatable bonds is 2. The van der Waals surface area contributed by atoms with Crippen LogP contribution in [0.4, 0.5) is 5.69 Å². The van der Waals surface area contributed by atoms with Crippen LogP contribution in [0.3, 0.4) is 0 Å². The Balaban J connectivity index is 0.000000771. The molecule has 0 radical (unpaired) electrons. The first-order chi connectivity index (χ1) is 8.70. The van der Waals surface area contributed by atoms with E-state index in [2.05, 4.69) is 23.3 Å². The van der Waals surface area contributed by atoms with Gasteiger partial charge < -0.3 is 10.3 Å². The molecule has 0 aliphatic carbocycles. The maximum atomic E-state index is 6.01. The molecule has 0 amide bonds. The number of nitrogen functional groups attached to an aromatic ring is 1. The molecular weight excluding hydrogens is 220 g/mol. The first kappa shape index (κ1) is 14.1. The molecule has 0 bridgehead atoms. The average molecular weight is 242 g/mol. The maximum absolute atomic E-state index is 6.01. The molecule has 2 heteroatoms. The van der Waals surface area contributed by atoms with Gasteiger partial charge in [-0.3, -0.25) is 0 Å². The Kier molecular flexibility index (Phi) is 4.78. The van der Waals surface area contributed by atoms with Crippen LogP contribution in [0.25, 0.3) is 23.1 Å². The van der Waals surface area contributed by atoms with Crippen molar-refractivity contribution in [2.75, 3.05) is 5.73 Å². The Bertz CT molecular complexity index is 574. The van der Waals surface area contributed by atoms with Gasteiger partial charge in [-0.2, -0.15) is 0 Å². The molecule has 0 fully saturated rings. The second-order valence-electron chi connectivity index (χ2n) is 3.81. The first-order valence-corrected chi connectivity index (χ1v) is 6.32. The van der Waals surface area contributed by atoms with Crippen LogP contribution >= 0.6 is 0 Å². The highest BCUT2D eigenvalue weighted by molar-refractivity contribution is 5.99. The van der Waals surface area contributed by atoms with Crippen LogP contribution in [0, 0.1) is 0 Å². The summed E-state index contributed by atoms with van der Waals surface area (Å²) in [4.78, 5) is 0. The third kappa shape index (κ3) is 2.19. The van der Waals surface area contributed by atoms with Crippen LogP contribution in [0.15, 0.2) is 30.9 Å². The summed E-state index contributed by atoms with van der Waals surface area (Å²) < 4.78 is 2.09. The molecule has 96 valence electrons. The zero-order valence-corrected chi connectivity index (χ0v) is 11.7. The normalized spacial score (nSPS) is 10.4. The van der Waals surface area contributed by atoms with E-state index >= 15 is 0 Å². The molecule has 0 aliphatic heterocycles. The number of aryl methyl sites for hydroxylation is 1. The lowest BCUT2D eigenvalue weighted by Gasteiger charge is -2.01. The van der Waals surface area contributed by atoms with E-state index in [1.165, 1.54) is 10.9 Å². The lowest BCUT2D eigenvalue weighted by molar-refractivity contribution is 0.955. The third-order valence-electron chi connectivity index (χ3n) is 2.86. The Morgan fingerprint density at radius 3 is 2.50 bits per heavy atom. The second-order valence-corrected chi connectivity index (χ2v) is 3.81. The number of hydrogen-bond donors (Lipinski definition) is 1. The van der Waals surface area contributed by atoms with Crippen LogP contribution in [0.2, 0.25) is 0 Å². The molecule has 1 aromatic heterocycles. The summed E-state index contributed by atoms with van der Waals surface area (Å²) >= 11 is 0. The summed E-state index contributed by atoms with van der Waals surface area (Å²) in [5.41, 5.74) is 10.2. The average Bonchev–Trinajstić information content (AvgIpc) is 2.66. The van der Waals surface area contributed by atoms with Crippen molar-refractivity contribution in [2.45, 2.75) is 20.8 Å². The van der Waals surface area contributed by atoms with E-state index in [1.54, 1.807) is 0 Å². The van der Waals surface area contributed by atoms with Crippen molar-refractivity contribution in [2.24, 2.45) is 7.05 Å². The van der Waals surface area contributed by atoms with Crippen LogP contribution in [0.1, 0.15) is 32.0 Å². The summed E-state index contributed by atoms with van der Waals surface area (Å²) in [5, 5.41) is 1.18. The van der Waals surface area contributed by atoms with E-state index in [0.717, 1.165) is 16.9 Å². The minimum Gasteiger partial charge on any atom is -0.397 e. The number of aromatic nitrogens is 1. The highest BCUT2D eigenvalue weighted by atomic mass is 15.0. The molecule has 0 unspecified atom stereocenters. The van der Waals surface area contributed by atoms with Crippen molar-refractivity contribution < 1.29 is 0 Å². The monoisotopic (exact) mass is 242 g/mol. The third-order valence-corrected chi connectivity index (χ3v) is 2.86. The number of benzene rings is 1. The van der Waals surface area contributed by atoms with Gasteiger partial charge in [0, 0.05) is 23.7 Å². The Morgan fingerprint density at radius 1 is 1.28 bits per heavy atom. The number of allylic oxidation sites excluding steroid dienone is 1. The van der Waals surface area contributed by atoms with Gasteiger partial charge in [0.15, 0.2) is 0 Å². The first-order valence-electron chi connectivity index (χ1n) is 6.32. The quantitative estimate of drug-likeness (QED) is 0.774. The molecule has 1 heterocycles. The van der Waals surface area contributed by atoms with Crippen LogP contribution in [-0.2, 0) is 7.05 Å². The van der Waals surface area contributed by atoms with Crippen molar-refractivity contribution in [1.82, 2.24) is 4.57 Å². The molecule has 2 rings (SSSR count). The van der Waals surface area contributed by atoms with E-state index in [-0.39, 0.29) is 0 Å². The molecule has 0 saturated heterocycles. The van der Waals surface area contributed by atoms with E-state index in [9.17, 15) is 0 Å². The molecule has 0 spiro atoms. The lowest BCUT2D eigenvalue weighted by Crippen LogP contribution is -1.94. The van der Waals surface area contributed by atoms with Gasteiger partial charge in [-0.15, -0.1) is 0 Å². The zero-order chi connectivity index (χ0) is 13.7. The molecule has 0 atom stereocenters. The fourth-order valence-corrected chi connectivity index (χ4v) is 2.18. The summed E-state index contributed by atoms with van der Waals surface area (Å²) in [6.45, 7) is 9.88.